The Labute approximate surface area is 91.1 Å². The first kappa shape index (κ1) is 7.78. The Hall–Kier alpha value is 0.150. The summed E-state index contributed by atoms with van der Waals surface area (Å²) in [5, 5.41) is 0. The molecule has 0 atom stereocenters. The summed E-state index contributed by atoms with van der Waals surface area (Å²) in [6.07, 6.45) is 1.73. The van der Waals surface area contributed by atoms with Crippen LogP contribution in [0.25, 0.3) is 11.0 Å². The van der Waals surface area contributed by atoms with Crippen LogP contribution in [-0.4, -0.2) is 9.97 Å². The van der Waals surface area contributed by atoms with Gasteiger partial charge in [0.15, 0.2) is 0 Å². The van der Waals surface area contributed by atoms with Crippen LogP contribution < -0.4 is 0 Å². The van der Waals surface area contributed by atoms with Gasteiger partial charge in [0, 0.05) is 7.14 Å². The third-order valence-corrected chi connectivity index (χ3v) is 3.25. The number of halogens is 2. The summed E-state index contributed by atoms with van der Waals surface area (Å²) in [6, 6.07) is 4.16. The van der Waals surface area contributed by atoms with Crippen LogP contribution in [0.4, 0.5) is 0 Å². The van der Waals surface area contributed by atoms with E-state index < -0.39 is 0 Å². The van der Waals surface area contributed by atoms with Crippen LogP contribution in [0.15, 0.2) is 18.5 Å². The summed E-state index contributed by atoms with van der Waals surface area (Å²) in [6.45, 7) is 0. The molecule has 4 heteroatoms. The number of aromatic nitrogens is 2. The molecule has 2 nitrogen and oxygen atoms in total. The van der Waals surface area contributed by atoms with Crippen molar-refractivity contribution in [2.75, 3.05) is 0 Å². The first-order valence-electron chi connectivity index (χ1n) is 3.06. The van der Waals surface area contributed by atoms with Crippen LogP contribution >= 0.6 is 45.2 Å². The average Bonchev–Trinajstić information content (AvgIpc) is 2.45. The number of nitrogens with zero attached hydrogens (tertiary/aromatic N) is 1. The van der Waals surface area contributed by atoms with E-state index in [0.717, 1.165) is 11.0 Å². The van der Waals surface area contributed by atoms with Crippen molar-refractivity contribution in [1.29, 1.82) is 0 Å². The predicted molar refractivity (Wildman–Crippen MR) is 61.5 cm³/mol. The smallest absolute Gasteiger partial charge is 0.103 e. The number of imidazole rings is 1. The molecule has 0 unspecified atom stereocenters. The van der Waals surface area contributed by atoms with Gasteiger partial charge in [-0.05, 0) is 57.3 Å². The zero-order valence-corrected chi connectivity index (χ0v) is 9.75. The Bertz CT molecular complexity index is 358. The molecule has 0 saturated carbocycles. The molecule has 0 saturated heterocycles. The molecule has 1 N–H and O–H groups in total. The van der Waals surface area contributed by atoms with Gasteiger partial charge in [-0.2, -0.15) is 0 Å². The SMILES string of the molecule is Ic1ccc(I)c2[nH]cnc12. The number of aromatic amines is 1. The molecule has 0 spiro atoms. The minimum Gasteiger partial charge on any atom is -0.344 e. The monoisotopic (exact) mass is 370 g/mol. The van der Waals surface area contributed by atoms with Gasteiger partial charge in [-0.3, -0.25) is 0 Å². The number of hydrogen-bond donors (Lipinski definition) is 1. The lowest BCUT2D eigenvalue weighted by atomic mass is 10.3. The van der Waals surface area contributed by atoms with E-state index in [2.05, 4.69) is 67.3 Å². The molecule has 0 amide bonds. The molecule has 0 radical (unpaired) electrons. The van der Waals surface area contributed by atoms with E-state index in [0.29, 0.717) is 0 Å². The van der Waals surface area contributed by atoms with Crippen LogP contribution in [0.5, 0.6) is 0 Å². The van der Waals surface area contributed by atoms with Crippen LogP contribution in [0, 0.1) is 7.14 Å². The van der Waals surface area contributed by atoms with Crippen LogP contribution in [0.3, 0.4) is 0 Å². The van der Waals surface area contributed by atoms with Gasteiger partial charge in [0.05, 0.1) is 11.8 Å². The lowest BCUT2D eigenvalue weighted by molar-refractivity contribution is 1.34. The van der Waals surface area contributed by atoms with Crippen molar-refractivity contribution in [3.8, 4) is 0 Å². The van der Waals surface area contributed by atoms with Crippen molar-refractivity contribution >= 4 is 56.2 Å². The molecule has 0 aliphatic heterocycles. The Morgan fingerprint density at radius 1 is 1.18 bits per heavy atom. The van der Waals surface area contributed by atoms with Gasteiger partial charge in [-0.15, -0.1) is 0 Å². The highest BCUT2D eigenvalue weighted by molar-refractivity contribution is 14.1. The van der Waals surface area contributed by atoms with Crippen molar-refractivity contribution < 1.29 is 0 Å². The molecule has 11 heavy (non-hydrogen) atoms. The third kappa shape index (κ3) is 1.26. The normalized spacial score (nSPS) is 10.7. The summed E-state index contributed by atoms with van der Waals surface area (Å²) < 4.78 is 2.41. The molecule has 0 aliphatic rings. The number of hydrogen-bond acceptors (Lipinski definition) is 1. The average molecular weight is 370 g/mol. The Morgan fingerprint density at radius 3 is 2.64 bits per heavy atom. The molecule has 2 rings (SSSR count). The standard InChI is InChI=1S/C7H4I2N2/c8-4-1-2-5(9)7-6(4)10-3-11-7/h1-3H,(H,10,11). The predicted octanol–water partition coefficient (Wildman–Crippen LogP) is 2.77. The van der Waals surface area contributed by atoms with E-state index in [-0.39, 0.29) is 0 Å². The van der Waals surface area contributed by atoms with Crippen molar-refractivity contribution in [3.63, 3.8) is 0 Å². The van der Waals surface area contributed by atoms with Gasteiger partial charge in [0.1, 0.15) is 5.52 Å². The van der Waals surface area contributed by atoms with Crippen molar-refractivity contribution in [2.45, 2.75) is 0 Å². The van der Waals surface area contributed by atoms with Gasteiger partial charge in [0.25, 0.3) is 0 Å². The maximum Gasteiger partial charge on any atom is 0.103 e. The second-order valence-corrected chi connectivity index (χ2v) is 4.48. The Balaban J connectivity index is 2.96. The molecular weight excluding hydrogens is 366 g/mol. The van der Waals surface area contributed by atoms with E-state index in [1.54, 1.807) is 6.33 Å². The van der Waals surface area contributed by atoms with Gasteiger partial charge in [-0.1, -0.05) is 0 Å². The van der Waals surface area contributed by atoms with Gasteiger partial charge in [-0.25, -0.2) is 4.98 Å². The molecule has 56 valence electrons. The highest BCUT2D eigenvalue weighted by Crippen LogP contribution is 2.21. The Kier molecular flexibility index (Phi) is 2.04. The summed E-state index contributed by atoms with van der Waals surface area (Å²) in [5.74, 6) is 0. The number of H-pyrrole nitrogens is 1. The van der Waals surface area contributed by atoms with E-state index in [1.807, 2.05) is 0 Å². The topological polar surface area (TPSA) is 28.7 Å². The van der Waals surface area contributed by atoms with Crippen LogP contribution in [0.2, 0.25) is 0 Å². The largest absolute Gasteiger partial charge is 0.344 e. The molecular formula is C7H4I2N2. The molecule has 1 aromatic heterocycles. The summed E-state index contributed by atoms with van der Waals surface area (Å²) in [5.41, 5.74) is 2.20. The second kappa shape index (κ2) is 2.89. The number of rotatable bonds is 0. The minimum absolute atomic E-state index is 1.07. The molecule has 1 heterocycles. The van der Waals surface area contributed by atoms with Crippen molar-refractivity contribution in [2.24, 2.45) is 0 Å². The van der Waals surface area contributed by atoms with E-state index in [4.69, 9.17) is 0 Å². The fourth-order valence-corrected chi connectivity index (χ4v) is 2.15. The minimum atomic E-state index is 1.07. The molecule has 0 aliphatic carbocycles. The zero-order valence-electron chi connectivity index (χ0n) is 5.44. The fraction of sp³-hybridized carbons (Fsp3) is 0. The van der Waals surface area contributed by atoms with E-state index >= 15 is 0 Å². The molecule has 2 aromatic rings. The highest BCUT2D eigenvalue weighted by Gasteiger charge is 2.02. The summed E-state index contributed by atoms with van der Waals surface area (Å²) in [4.78, 5) is 7.32. The zero-order chi connectivity index (χ0) is 7.84. The number of nitrogens with one attached hydrogen (secondary N) is 1. The lowest BCUT2D eigenvalue weighted by Crippen LogP contribution is -1.79. The number of fused-ring (bicyclic) bond motifs is 1. The van der Waals surface area contributed by atoms with Gasteiger partial charge < -0.3 is 4.98 Å². The van der Waals surface area contributed by atoms with Crippen molar-refractivity contribution in [3.05, 3.63) is 25.6 Å². The third-order valence-electron chi connectivity index (χ3n) is 1.48. The maximum atomic E-state index is 4.21. The van der Waals surface area contributed by atoms with Gasteiger partial charge >= 0.3 is 0 Å². The quantitative estimate of drug-likeness (QED) is 0.711. The summed E-state index contributed by atoms with van der Waals surface area (Å²) in [7, 11) is 0. The van der Waals surface area contributed by atoms with Crippen molar-refractivity contribution in [1.82, 2.24) is 9.97 Å². The second-order valence-electron chi connectivity index (χ2n) is 2.16. The molecule has 1 aromatic carbocycles. The van der Waals surface area contributed by atoms with Crippen LogP contribution in [-0.2, 0) is 0 Å². The molecule has 0 fully saturated rings. The first-order chi connectivity index (χ1) is 5.29. The first-order valence-corrected chi connectivity index (χ1v) is 5.22. The highest BCUT2D eigenvalue weighted by atomic mass is 127. The number of benzene rings is 1. The van der Waals surface area contributed by atoms with Crippen LogP contribution in [0.1, 0.15) is 0 Å². The summed E-state index contributed by atoms with van der Waals surface area (Å²) >= 11 is 4.58. The lowest BCUT2D eigenvalue weighted by Gasteiger charge is -1.94. The fourth-order valence-electron chi connectivity index (χ4n) is 0.966. The Morgan fingerprint density at radius 2 is 1.91 bits per heavy atom. The van der Waals surface area contributed by atoms with Gasteiger partial charge in [0.2, 0.25) is 0 Å². The molecule has 0 bridgehead atoms. The maximum absolute atomic E-state index is 4.21. The van der Waals surface area contributed by atoms with E-state index in [1.165, 1.54) is 7.14 Å². The van der Waals surface area contributed by atoms with E-state index in [9.17, 15) is 0 Å².